The van der Waals surface area contributed by atoms with Crippen molar-refractivity contribution >= 4 is 13.7 Å². The largest absolute Gasteiger partial charge is 0.453 e. The van der Waals surface area contributed by atoms with Crippen molar-refractivity contribution in [2.75, 3.05) is 0 Å². The highest BCUT2D eigenvalue weighted by atomic mass is 31.2. The van der Waals surface area contributed by atoms with Crippen molar-refractivity contribution in [2.24, 2.45) is 0 Å². The van der Waals surface area contributed by atoms with Gasteiger partial charge in [-0.05, 0) is 35.4 Å². The molecule has 0 radical (unpaired) electrons. The van der Waals surface area contributed by atoms with Crippen molar-refractivity contribution in [1.82, 2.24) is 5.32 Å². The topological polar surface area (TPSA) is 73.9 Å². The Morgan fingerprint density at radius 1 is 0.657 bits per heavy atom. The van der Waals surface area contributed by atoms with Crippen LogP contribution in [0.2, 0.25) is 0 Å². The number of carbonyl (C=O) groups excluding carboxylic acids is 1. The van der Waals surface area contributed by atoms with Crippen molar-refractivity contribution in [3.05, 3.63) is 132 Å². The quantitative estimate of drug-likeness (QED) is 0.248. The Balaban J connectivity index is 1.61. The zero-order valence-corrected chi connectivity index (χ0v) is 19.9. The van der Waals surface area contributed by atoms with Gasteiger partial charge in [-0.2, -0.15) is 0 Å². The molecule has 0 saturated heterocycles. The summed E-state index contributed by atoms with van der Waals surface area (Å²) in [5.41, 5.74) is 1.70. The molecule has 35 heavy (non-hydrogen) atoms. The van der Waals surface area contributed by atoms with Gasteiger partial charge in [-0.15, -0.1) is 0 Å². The summed E-state index contributed by atoms with van der Waals surface area (Å²) in [5.74, 6) is -0.290. The molecule has 0 aliphatic heterocycles. The number of alkyl carbamates (subject to hydrolysis) is 1. The number of amides is 1. The molecule has 0 aliphatic carbocycles. The Morgan fingerprint density at radius 2 is 1.09 bits per heavy atom. The average molecular weight is 487 g/mol. The van der Waals surface area contributed by atoms with E-state index < -0.39 is 19.5 Å². The second kappa shape index (κ2) is 11.9. The first-order valence-electron chi connectivity index (χ1n) is 11.2. The minimum atomic E-state index is -4.00. The first-order chi connectivity index (χ1) is 17.1. The van der Waals surface area contributed by atoms with Crippen LogP contribution >= 0.6 is 7.60 Å². The lowest BCUT2D eigenvalue weighted by molar-refractivity contribution is 0.137. The average Bonchev–Trinajstić information content (AvgIpc) is 2.89. The fourth-order valence-electron chi connectivity index (χ4n) is 3.38. The van der Waals surface area contributed by atoms with Gasteiger partial charge < -0.3 is 19.1 Å². The van der Waals surface area contributed by atoms with Crippen molar-refractivity contribution in [2.45, 2.75) is 18.8 Å². The normalized spacial score (nSPS) is 11.8. The molecule has 0 heterocycles. The van der Waals surface area contributed by atoms with E-state index in [9.17, 15) is 9.36 Å². The van der Waals surface area contributed by atoms with Crippen LogP contribution < -0.4 is 14.4 Å². The number of carbonyl (C=O) groups is 1. The molecule has 4 rings (SSSR count). The molecule has 6 nitrogen and oxygen atoms in total. The van der Waals surface area contributed by atoms with E-state index >= 15 is 0 Å². The second-order valence-corrected chi connectivity index (χ2v) is 9.83. The highest BCUT2D eigenvalue weighted by Gasteiger charge is 2.41. The third kappa shape index (κ3) is 7.23. The van der Waals surface area contributed by atoms with E-state index in [1.807, 2.05) is 72.8 Å². The maximum atomic E-state index is 14.4. The molecule has 7 heteroatoms. The molecule has 0 spiro atoms. The third-order valence-electron chi connectivity index (χ3n) is 5.10. The second-order valence-electron chi connectivity index (χ2n) is 7.76. The van der Waals surface area contributed by atoms with E-state index in [0.717, 1.165) is 11.1 Å². The van der Waals surface area contributed by atoms with Gasteiger partial charge in [-0.1, -0.05) is 97.1 Å². The van der Waals surface area contributed by atoms with Crippen molar-refractivity contribution in [3.8, 4) is 11.5 Å². The van der Waals surface area contributed by atoms with Crippen LogP contribution in [0.3, 0.4) is 0 Å². The van der Waals surface area contributed by atoms with Crippen LogP contribution in [0.5, 0.6) is 11.5 Å². The Hall–Kier alpha value is -4.02. The molecule has 0 saturated carbocycles. The van der Waals surface area contributed by atoms with Gasteiger partial charge in [0, 0.05) is 6.42 Å². The van der Waals surface area contributed by atoms with E-state index in [-0.39, 0.29) is 13.0 Å². The van der Waals surface area contributed by atoms with E-state index in [1.54, 1.807) is 48.5 Å². The van der Waals surface area contributed by atoms with Gasteiger partial charge in [0.05, 0.1) is 0 Å². The lowest BCUT2D eigenvalue weighted by Crippen LogP contribution is -2.39. The minimum absolute atomic E-state index is 0.0775. The van der Waals surface area contributed by atoms with Gasteiger partial charge >= 0.3 is 13.7 Å². The first kappa shape index (κ1) is 24.1. The molecule has 1 N–H and O–H groups in total. The minimum Gasteiger partial charge on any atom is -0.445 e. The summed E-state index contributed by atoms with van der Waals surface area (Å²) < 4.78 is 31.7. The Labute approximate surface area is 205 Å². The monoisotopic (exact) mass is 487 g/mol. The summed E-state index contributed by atoms with van der Waals surface area (Å²) in [5, 5.41) is 2.74. The maximum absolute atomic E-state index is 14.4. The highest BCUT2D eigenvalue weighted by Crippen LogP contribution is 2.53. The zero-order chi connectivity index (χ0) is 24.3. The number of benzene rings is 4. The van der Waals surface area contributed by atoms with Gasteiger partial charge in [0.25, 0.3) is 0 Å². The van der Waals surface area contributed by atoms with Gasteiger partial charge in [-0.3, -0.25) is 0 Å². The molecule has 0 fully saturated rings. The number of rotatable bonds is 10. The lowest BCUT2D eigenvalue weighted by Gasteiger charge is -2.28. The number of nitrogens with one attached hydrogen (secondary N) is 1. The fourth-order valence-corrected chi connectivity index (χ4v) is 5.20. The molecule has 0 aliphatic rings. The number of para-hydroxylation sites is 2. The van der Waals surface area contributed by atoms with E-state index in [2.05, 4.69) is 5.32 Å². The Bertz CT molecular complexity index is 1190. The molecule has 1 atom stereocenters. The molecule has 0 aromatic heterocycles. The fraction of sp³-hybridized carbons (Fsp3) is 0.107. The van der Waals surface area contributed by atoms with Crippen LogP contribution in [0, 0.1) is 0 Å². The van der Waals surface area contributed by atoms with E-state index in [0.29, 0.717) is 11.5 Å². The zero-order valence-electron chi connectivity index (χ0n) is 19.0. The standard InChI is InChI=1S/C28H26NO5P/c30-28(32-22-24-15-7-2-8-16-24)29-27(21-23-13-5-1-6-14-23)35(31,33-25-17-9-3-10-18-25)34-26-19-11-4-12-20-26/h1-20,27H,21-22H2,(H,29,30). The van der Waals surface area contributed by atoms with Crippen LogP contribution in [0.4, 0.5) is 4.79 Å². The summed E-state index contributed by atoms with van der Waals surface area (Å²) >= 11 is 0. The number of hydrogen-bond donors (Lipinski definition) is 1. The Kier molecular flexibility index (Phi) is 8.21. The Morgan fingerprint density at radius 3 is 1.57 bits per heavy atom. The smallest absolute Gasteiger partial charge is 0.445 e. The van der Waals surface area contributed by atoms with Gasteiger partial charge in [0.1, 0.15) is 18.1 Å². The van der Waals surface area contributed by atoms with Crippen molar-refractivity contribution in [1.29, 1.82) is 0 Å². The van der Waals surface area contributed by atoms with Crippen molar-refractivity contribution < 1.29 is 23.1 Å². The number of hydrogen-bond acceptors (Lipinski definition) is 5. The molecule has 178 valence electrons. The van der Waals surface area contributed by atoms with E-state index in [1.165, 1.54) is 0 Å². The highest BCUT2D eigenvalue weighted by molar-refractivity contribution is 7.55. The SMILES string of the molecule is O=C(NC(Cc1ccccc1)P(=O)(Oc1ccccc1)Oc1ccccc1)OCc1ccccc1. The van der Waals surface area contributed by atoms with Crippen LogP contribution in [0.25, 0.3) is 0 Å². The summed E-state index contributed by atoms with van der Waals surface area (Å²) in [6.45, 7) is 0.0775. The molecule has 0 bridgehead atoms. The lowest BCUT2D eigenvalue weighted by atomic mass is 10.1. The summed E-state index contributed by atoms with van der Waals surface area (Å²) in [6, 6.07) is 36.3. The van der Waals surface area contributed by atoms with Gasteiger partial charge in [0.2, 0.25) is 0 Å². The van der Waals surface area contributed by atoms with Crippen LogP contribution in [0.15, 0.2) is 121 Å². The third-order valence-corrected chi connectivity index (χ3v) is 7.11. The van der Waals surface area contributed by atoms with Crippen LogP contribution in [-0.4, -0.2) is 11.9 Å². The molecular formula is C28H26NO5P. The predicted molar refractivity (Wildman–Crippen MR) is 135 cm³/mol. The van der Waals surface area contributed by atoms with Crippen molar-refractivity contribution in [3.63, 3.8) is 0 Å². The maximum Gasteiger partial charge on any atom is 0.453 e. The molecular weight excluding hydrogens is 461 g/mol. The molecule has 1 amide bonds. The summed E-state index contributed by atoms with van der Waals surface area (Å²) in [4.78, 5) is 12.8. The molecule has 4 aromatic carbocycles. The van der Waals surface area contributed by atoms with Gasteiger partial charge in [0.15, 0.2) is 5.78 Å². The number of ether oxygens (including phenoxy) is 1. The van der Waals surface area contributed by atoms with Crippen LogP contribution in [0.1, 0.15) is 11.1 Å². The summed E-state index contributed by atoms with van der Waals surface area (Å²) in [7, 11) is -4.00. The van der Waals surface area contributed by atoms with Crippen LogP contribution in [-0.2, 0) is 22.3 Å². The predicted octanol–water partition coefficient (Wildman–Crippen LogP) is 6.83. The molecule has 1 unspecified atom stereocenters. The summed E-state index contributed by atoms with van der Waals surface area (Å²) in [6.07, 6.45) is -0.513. The molecule has 4 aromatic rings. The van der Waals surface area contributed by atoms with Gasteiger partial charge in [-0.25, -0.2) is 9.36 Å². The first-order valence-corrected chi connectivity index (χ1v) is 12.8. The van der Waals surface area contributed by atoms with E-state index in [4.69, 9.17) is 13.8 Å².